The third-order valence-electron chi connectivity index (χ3n) is 5.30. The lowest BCUT2D eigenvalue weighted by Crippen LogP contribution is -2.16. The van der Waals surface area contributed by atoms with Crippen LogP contribution in [0.2, 0.25) is 0 Å². The van der Waals surface area contributed by atoms with E-state index in [1.807, 2.05) is 19.2 Å². The Hall–Kier alpha value is -2.23. The molecule has 0 fully saturated rings. The van der Waals surface area contributed by atoms with Gasteiger partial charge in [-0.25, -0.2) is 4.39 Å². The number of carbonyl (C=O) groups excluding carboxylic acids is 1. The Morgan fingerprint density at radius 2 is 1.72 bits per heavy atom. The molecule has 0 radical (unpaired) electrons. The zero-order valence-electron chi connectivity index (χ0n) is 17.8. The van der Waals surface area contributed by atoms with Gasteiger partial charge in [0.15, 0.2) is 6.17 Å². The van der Waals surface area contributed by atoms with Gasteiger partial charge in [-0.2, -0.15) is 0 Å². The summed E-state index contributed by atoms with van der Waals surface area (Å²) < 4.78 is 14.2. The van der Waals surface area contributed by atoms with Gasteiger partial charge < -0.3 is 5.11 Å². The van der Waals surface area contributed by atoms with Crippen LogP contribution in [0.5, 0.6) is 5.75 Å². The van der Waals surface area contributed by atoms with Crippen LogP contribution < -0.4 is 0 Å². The Balaban J connectivity index is 2.00. The molecule has 0 spiro atoms. The first kappa shape index (κ1) is 23.1. The molecule has 2 aromatic rings. The summed E-state index contributed by atoms with van der Waals surface area (Å²) in [5.41, 5.74) is 2.65. The van der Waals surface area contributed by atoms with Gasteiger partial charge in [0.1, 0.15) is 5.75 Å². The first-order valence-corrected chi connectivity index (χ1v) is 11.0. The maximum atomic E-state index is 14.2. The lowest BCUT2D eigenvalue weighted by molar-refractivity contribution is 0.0864. The second-order valence-electron chi connectivity index (χ2n) is 7.78. The minimum absolute atomic E-state index is 0.0315. The van der Waals surface area contributed by atoms with E-state index < -0.39 is 12.0 Å². The standard InChI is InChI=1S/C25H34FNO2/c1-3-5-7-8-9-10-11-19-13-15-23(27-18-19)20-14-16-24(28)21(17-20)25(29)22(26)12-6-4-2/h13-18,22,28H,3-12H2,1-2H3. The Bertz CT molecular complexity index is 758. The first-order valence-electron chi connectivity index (χ1n) is 11.0. The molecule has 0 saturated carbocycles. The number of unbranched alkanes of at least 4 members (excludes halogenated alkanes) is 6. The number of halogens is 1. The predicted octanol–water partition coefficient (Wildman–Crippen LogP) is 7.07. The van der Waals surface area contributed by atoms with Gasteiger partial charge in [0.2, 0.25) is 5.78 Å². The highest BCUT2D eigenvalue weighted by molar-refractivity contribution is 6.02. The van der Waals surface area contributed by atoms with Crippen LogP contribution in [0.1, 0.15) is 87.6 Å². The van der Waals surface area contributed by atoms with E-state index in [1.54, 1.807) is 12.1 Å². The molecular weight excluding hydrogens is 365 g/mol. The molecule has 4 heteroatoms. The number of benzene rings is 1. The number of aryl methyl sites for hydroxylation is 1. The van der Waals surface area contributed by atoms with E-state index in [9.17, 15) is 14.3 Å². The summed E-state index contributed by atoms with van der Waals surface area (Å²) >= 11 is 0. The third kappa shape index (κ3) is 7.26. The predicted molar refractivity (Wildman–Crippen MR) is 117 cm³/mol. The number of aromatic nitrogens is 1. The minimum Gasteiger partial charge on any atom is -0.507 e. The largest absolute Gasteiger partial charge is 0.507 e. The second-order valence-corrected chi connectivity index (χ2v) is 7.78. The Labute approximate surface area is 174 Å². The summed E-state index contributed by atoms with van der Waals surface area (Å²) in [4.78, 5) is 16.9. The average Bonchev–Trinajstić information content (AvgIpc) is 2.75. The van der Waals surface area contributed by atoms with Crippen LogP contribution in [-0.4, -0.2) is 22.0 Å². The van der Waals surface area contributed by atoms with Gasteiger partial charge in [-0.1, -0.05) is 64.9 Å². The molecule has 0 amide bonds. The van der Waals surface area contributed by atoms with Gasteiger partial charge in [-0.05, 0) is 49.1 Å². The number of hydrogen-bond acceptors (Lipinski definition) is 3. The lowest BCUT2D eigenvalue weighted by atomic mass is 9.98. The molecule has 3 nitrogen and oxygen atoms in total. The molecule has 158 valence electrons. The van der Waals surface area contributed by atoms with E-state index in [0.717, 1.165) is 25.0 Å². The molecule has 29 heavy (non-hydrogen) atoms. The van der Waals surface area contributed by atoms with E-state index >= 15 is 0 Å². The van der Waals surface area contributed by atoms with Gasteiger partial charge in [-0.3, -0.25) is 9.78 Å². The highest BCUT2D eigenvalue weighted by Gasteiger charge is 2.22. The minimum atomic E-state index is -1.58. The van der Waals surface area contributed by atoms with Crippen molar-refractivity contribution >= 4 is 5.78 Å². The Morgan fingerprint density at radius 1 is 1.00 bits per heavy atom. The zero-order valence-corrected chi connectivity index (χ0v) is 17.8. The number of alkyl halides is 1. The lowest BCUT2D eigenvalue weighted by Gasteiger charge is -2.10. The van der Waals surface area contributed by atoms with Crippen molar-refractivity contribution in [1.82, 2.24) is 4.98 Å². The van der Waals surface area contributed by atoms with Gasteiger partial charge >= 0.3 is 0 Å². The van der Waals surface area contributed by atoms with Crippen LogP contribution >= 0.6 is 0 Å². The SMILES string of the molecule is CCCCCCCCc1ccc(-c2ccc(O)c(C(=O)C(F)CCCC)c2)nc1. The maximum Gasteiger partial charge on any atom is 0.200 e. The fourth-order valence-corrected chi connectivity index (χ4v) is 3.43. The van der Waals surface area contributed by atoms with E-state index in [1.165, 1.54) is 43.7 Å². The molecule has 0 aliphatic heterocycles. The molecular formula is C25H34FNO2. The van der Waals surface area contributed by atoms with Crippen molar-refractivity contribution < 1.29 is 14.3 Å². The number of ketones is 1. The molecule has 1 unspecified atom stereocenters. The van der Waals surface area contributed by atoms with Crippen molar-refractivity contribution in [2.45, 2.75) is 84.2 Å². The molecule has 1 heterocycles. The number of phenolic OH excluding ortho intramolecular Hbond substituents is 1. The summed E-state index contributed by atoms with van der Waals surface area (Å²) in [6, 6.07) is 8.69. The van der Waals surface area contributed by atoms with E-state index in [2.05, 4.69) is 18.0 Å². The summed E-state index contributed by atoms with van der Waals surface area (Å²) in [6.45, 7) is 4.18. The molecule has 1 aromatic carbocycles. The normalized spacial score (nSPS) is 12.1. The molecule has 1 N–H and O–H groups in total. The van der Waals surface area contributed by atoms with Crippen molar-refractivity contribution in [1.29, 1.82) is 0 Å². The topological polar surface area (TPSA) is 50.2 Å². The van der Waals surface area contributed by atoms with Gasteiger partial charge in [0.25, 0.3) is 0 Å². The highest BCUT2D eigenvalue weighted by Crippen LogP contribution is 2.27. The molecule has 2 rings (SSSR count). The zero-order chi connectivity index (χ0) is 21.1. The van der Waals surface area contributed by atoms with Crippen LogP contribution in [0, 0.1) is 0 Å². The van der Waals surface area contributed by atoms with Gasteiger partial charge in [-0.15, -0.1) is 0 Å². The molecule has 0 aliphatic carbocycles. The van der Waals surface area contributed by atoms with Crippen molar-refractivity contribution in [2.24, 2.45) is 0 Å². The summed E-state index contributed by atoms with van der Waals surface area (Å²) in [5.74, 6) is -0.838. The van der Waals surface area contributed by atoms with Crippen molar-refractivity contribution in [3.05, 3.63) is 47.7 Å². The molecule has 1 aromatic heterocycles. The number of pyridine rings is 1. The van der Waals surface area contributed by atoms with Crippen molar-refractivity contribution in [3.63, 3.8) is 0 Å². The van der Waals surface area contributed by atoms with E-state index in [4.69, 9.17) is 0 Å². The van der Waals surface area contributed by atoms with Crippen molar-refractivity contribution in [2.75, 3.05) is 0 Å². The van der Waals surface area contributed by atoms with Crippen LogP contribution in [0.3, 0.4) is 0 Å². The highest BCUT2D eigenvalue weighted by atomic mass is 19.1. The second kappa shape index (κ2) is 12.4. The average molecular weight is 400 g/mol. The first-order chi connectivity index (χ1) is 14.1. The third-order valence-corrected chi connectivity index (χ3v) is 5.30. The fraction of sp³-hybridized carbons (Fsp3) is 0.520. The number of nitrogens with zero attached hydrogens (tertiary/aromatic N) is 1. The summed E-state index contributed by atoms with van der Waals surface area (Å²) in [7, 11) is 0. The molecule has 1 atom stereocenters. The van der Waals surface area contributed by atoms with Crippen LogP contribution in [0.4, 0.5) is 4.39 Å². The number of Topliss-reactive ketones (excluding diaryl/α,β-unsaturated/α-hetero) is 1. The van der Waals surface area contributed by atoms with Gasteiger partial charge in [0, 0.05) is 11.8 Å². The number of hydrogen-bond donors (Lipinski definition) is 1. The molecule has 0 aliphatic rings. The van der Waals surface area contributed by atoms with Crippen LogP contribution in [0.25, 0.3) is 11.3 Å². The summed E-state index contributed by atoms with van der Waals surface area (Å²) in [5, 5.41) is 10.0. The van der Waals surface area contributed by atoms with Gasteiger partial charge in [0.05, 0.1) is 11.3 Å². The number of carbonyl (C=O) groups is 1. The van der Waals surface area contributed by atoms with E-state index in [0.29, 0.717) is 12.0 Å². The summed E-state index contributed by atoms with van der Waals surface area (Å²) in [6.07, 6.45) is 10.6. The van der Waals surface area contributed by atoms with Crippen LogP contribution in [-0.2, 0) is 6.42 Å². The molecule has 0 saturated heterocycles. The quantitative estimate of drug-likeness (QED) is 0.289. The van der Waals surface area contributed by atoms with Crippen molar-refractivity contribution in [3.8, 4) is 17.0 Å². The fourth-order valence-electron chi connectivity index (χ4n) is 3.43. The van der Waals surface area contributed by atoms with E-state index in [-0.39, 0.29) is 17.7 Å². The number of phenols is 1. The smallest absolute Gasteiger partial charge is 0.200 e. The Morgan fingerprint density at radius 3 is 2.41 bits per heavy atom. The Kier molecular flexibility index (Phi) is 9.82. The monoisotopic (exact) mass is 399 g/mol. The maximum absolute atomic E-state index is 14.2. The number of rotatable bonds is 13. The molecule has 0 bridgehead atoms. The van der Waals surface area contributed by atoms with Crippen LogP contribution in [0.15, 0.2) is 36.5 Å². The number of aromatic hydroxyl groups is 1.